The molecule has 4 aliphatic carbocycles. The van der Waals surface area contributed by atoms with E-state index in [4.69, 9.17) is 14.2 Å². The van der Waals surface area contributed by atoms with Crippen LogP contribution in [0.5, 0.6) is 0 Å². The third-order valence-corrected chi connectivity index (χ3v) is 11.5. The molecular weight excluding hydrogens is 476 g/mol. The van der Waals surface area contributed by atoms with E-state index in [0.717, 1.165) is 56.9 Å². The van der Waals surface area contributed by atoms with Gasteiger partial charge in [0, 0.05) is 11.5 Å². The SMILES string of the molecule is C[C@@H]1O[C@@H](O[C@@H]2C=C3CC[C@@H]4[C@H](CC[C@]5(C)[C@@H](C6=CC(=O)OC6)CC[C@]45O)[C@@]3(C)CC2)[C@H](O)[C@H](O)[C@H]1O. The number of hydrogen-bond acceptors (Lipinski definition) is 8. The van der Waals surface area contributed by atoms with Crippen LogP contribution in [0.1, 0.15) is 72.1 Å². The van der Waals surface area contributed by atoms with Gasteiger partial charge >= 0.3 is 5.97 Å². The molecule has 37 heavy (non-hydrogen) atoms. The Bertz CT molecular complexity index is 1010. The summed E-state index contributed by atoms with van der Waals surface area (Å²) in [6, 6.07) is 0. The zero-order valence-corrected chi connectivity index (χ0v) is 22.1. The third kappa shape index (κ3) is 3.74. The van der Waals surface area contributed by atoms with Crippen molar-refractivity contribution < 1.29 is 39.4 Å². The summed E-state index contributed by atoms with van der Waals surface area (Å²) in [6.45, 7) is 6.62. The lowest BCUT2D eigenvalue weighted by molar-refractivity contribution is -0.301. The normalized spacial score (nSPS) is 53.5. The summed E-state index contributed by atoms with van der Waals surface area (Å²) in [4.78, 5) is 11.8. The van der Waals surface area contributed by atoms with Crippen molar-refractivity contribution in [1.82, 2.24) is 0 Å². The van der Waals surface area contributed by atoms with Crippen LogP contribution in [0.3, 0.4) is 0 Å². The van der Waals surface area contributed by atoms with Crippen molar-refractivity contribution in [3.63, 3.8) is 0 Å². The zero-order valence-electron chi connectivity index (χ0n) is 22.1. The van der Waals surface area contributed by atoms with Gasteiger partial charge in [0.2, 0.25) is 0 Å². The topological polar surface area (TPSA) is 126 Å². The quantitative estimate of drug-likeness (QED) is 0.332. The molecule has 0 aromatic heterocycles. The second-order valence-electron chi connectivity index (χ2n) is 13.1. The van der Waals surface area contributed by atoms with E-state index in [1.165, 1.54) is 5.57 Å². The molecule has 4 N–H and O–H groups in total. The van der Waals surface area contributed by atoms with Crippen LogP contribution in [-0.2, 0) is 19.0 Å². The molecule has 206 valence electrons. The average Bonchev–Trinajstić information content (AvgIpc) is 3.41. The fraction of sp³-hybridized carbons (Fsp3) is 0.828. The molecule has 6 rings (SSSR count). The Morgan fingerprint density at radius 1 is 0.973 bits per heavy atom. The van der Waals surface area contributed by atoms with Crippen molar-refractivity contribution >= 4 is 5.97 Å². The molecule has 12 atom stereocenters. The van der Waals surface area contributed by atoms with Crippen molar-refractivity contribution in [2.24, 2.45) is 28.6 Å². The molecule has 1 saturated heterocycles. The minimum atomic E-state index is -1.30. The molecule has 3 saturated carbocycles. The van der Waals surface area contributed by atoms with Gasteiger partial charge in [0.25, 0.3) is 0 Å². The number of carbonyl (C=O) groups is 1. The van der Waals surface area contributed by atoms with E-state index >= 15 is 0 Å². The highest BCUT2D eigenvalue weighted by Gasteiger charge is 2.67. The summed E-state index contributed by atoms with van der Waals surface area (Å²) in [5, 5.41) is 42.9. The van der Waals surface area contributed by atoms with Crippen LogP contribution in [0, 0.1) is 28.6 Å². The van der Waals surface area contributed by atoms with Gasteiger partial charge in [-0.3, -0.25) is 0 Å². The summed E-state index contributed by atoms with van der Waals surface area (Å²) >= 11 is 0. The van der Waals surface area contributed by atoms with Gasteiger partial charge in [-0.2, -0.15) is 0 Å². The van der Waals surface area contributed by atoms with Crippen molar-refractivity contribution in [3.05, 3.63) is 23.3 Å². The van der Waals surface area contributed by atoms with Gasteiger partial charge in [0.1, 0.15) is 24.9 Å². The van der Waals surface area contributed by atoms with Gasteiger partial charge in [-0.1, -0.05) is 25.5 Å². The van der Waals surface area contributed by atoms with Crippen molar-refractivity contribution in [1.29, 1.82) is 0 Å². The van der Waals surface area contributed by atoms with Crippen LogP contribution in [0.25, 0.3) is 0 Å². The van der Waals surface area contributed by atoms with Crippen molar-refractivity contribution in [2.75, 3.05) is 6.61 Å². The van der Waals surface area contributed by atoms with Crippen LogP contribution in [0.2, 0.25) is 0 Å². The second kappa shape index (κ2) is 8.86. The number of cyclic esters (lactones) is 1. The van der Waals surface area contributed by atoms with E-state index in [0.29, 0.717) is 12.5 Å². The number of ether oxygens (including phenoxy) is 3. The fourth-order valence-electron chi connectivity index (χ4n) is 9.26. The highest BCUT2D eigenvalue weighted by Crippen LogP contribution is 2.69. The molecule has 2 heterocycles. The maximum absolute atomic E-state index is 12.3. The minimum Gasteiger partial charge on any atom is -0.458 e. The van der Waals surface area contributed by atoms with Crippen molar-refractivity contribution in [2.45, 2.75) is 115 Å². The number of allylic oxidation sites excluding steroid dienone is 1. The summed E-state index contributed by atoms with van der Waals surface area (Å²) in [7, 11) is 0. The lowest BCUT2D eigenvalue weighted by atomic mass is 9.45. The monoisotopic (exact) mass is 518 g/mol. The van der Waals surface area contributed by atoms with Crippen LogP contribution in [0.15, 0.2) is 23.3 Å². The lowest BCUT2D eigenvalue weighted by Crippen LogP contribution is -2.61. The van der Waals surface area contributed by atoms with E-state index in [9.17, 15) is 25.2 Å². The average molecular weight is 519 g/mol. The van der Waals surface area contributed by atoms with E-state index in [-0.39, 0.29) is 34.7 Å². The Labute approximate surface area is 218 Å². The van der Waals surface area contributed by atoms with E-state index < -0.39 is 36.3 Å². The molecule has 0 unspecified atom stereocenters. The molecule has 0 amide bonds. The lowest BCUT2D eigenvalue weighted by Gasteiger charge is -2.62. The Morgan fingerprint density at radius 3 is 2.49 bits per heavy atom. The minimum absolute atomic E-state index is 0.0152. The van der Waals surface area contributed by atoms with Gasteiger partial charge in [-0.05, 0) is 87.0 Å². The first kappa shape index (κ1) is 26.0. The first-order valence-corrected chi connectivity index (χ1v) is 14.1. The van der Waals surface area contributed by atoms with E-state index in [2.05, 4.69) is 19.9 Å². The molecule has 0 aromatic carbocycles. The molecule has 0 spiro atoms. The van der Waals surface area contributed by atoms with E-state index in [1.54, 1.807) is 13.0 Å². The Morgan fingerprint density at radius 2 is 1.76 bits per heavy atom. The number of aliphatic hydroxyl groups is 4. The Balaban J connectivity index is 1.20. The molecule has 0 bridgehead atoms. The summed E-state index contributed by atoms with van der Waals surface area (Å²) < 4.78 is 17.0. The maximum atomic E-state index is 12.3. The van der Waals surface area contributed by atoms with E-state index in [1.807, 2.05) is 0 Å². The highest BCUT2D eigenvalue weighted by atomic mass is 16.7. The molecule has 0 aromatic rings. The van der Waals surface area contributed by atoms with Crippen LogP contribution >= 0.6 is 0 Å². The molecule has 4 fully saturated rings. The molecule has 8 heteroatoms. The van der Waals surface area contributed by atoms with Gasteiger partial charge in [-0.15, -0.1) is 0 Å². The Kier molecular flexibility index (Phi) is 6.22. The van der Waals surface area contributed by atoms with Gasteiger partial charge in [0.05, 0.1) is 17.8 Å². The summed E-state index contributed by atoms with van der Waals surface area (Å²) in [5.41, 5.74) is 1.41. The fourth-order valence-corrected chi connectivity index (χ4v) is 9.26. The number of fused-ring (bicyclic) bond motifs is 5. The zero-order chi connectivity index (χ0) is 26.3. The largest absolute Gasteiger partial charge is 0.458 e. The summed E-state index contributed by atoms with van der Waals surface area (Å²) in [6.07, 6.45) is 5.44. The molecule has 8 nitrogen and oxygen atoms in total. The van der Waals surface area contributed by atoms with Crippen molar-refractivity contribution in [3.8, 4) is 0 Å². The smallest absolute Gasteiger partial charge is 0.331 e. The number of hydrogen-bond donors (Lipinski definition) is 4. The molecular formula is C29H42O8. The van der Waals surface area contributed by atoms with Gasteiger partial charge < -0.3 is 34.6 Å². The van der Waals surface area contributed by atoms with Crippen LogP contribution in [-0.4, -0.2) is 75.4 Å². The number of aliphatic hydroxyl groups excluding tert-OH is 3. The Hall–Kier alpha value is -1.29. The van der Waals surface area contributed by atoms with Gasteiger partial charge in [-0.25, -0.2) is 4.79 Å². The van der Waals surface area contributed by atoms with Crippen LogP contribution < -0.4 is 0 Å². The second-order valence-corrected chi connectivity index (χ2v) is 13.1. The predicted molar refractivity (Wildman–Crippen MR) is 133 cm³/mol. The molecule has 2 aliphatic heterocycles. The van der Waals surface area contributed by atoms with Crippen LogP contribution in [0.4, 0.5) is 0 Å². The maximum Gasteiger partial charge on any atom is 0.331 e. The standard InChI is InChI=1S/C29H42O8/c1-15-23(31)24(32)25(33)26(36-15)37-18-6-9-27(2)17(13-18)4-5-21-20(27)7-10-28(3)19(8-11-29(21,28)34)16-12-22(30)35-14-16/h12-13,15,18-21,23-26,31-34H,4-11,14H2,1-3H3/t15-,18-,19+,20-,21+,23-,24+,25+,26-,27-,28+,29-/m0/s1. The highest BCUT2D eigenvalue weighted by molar-refractivity contribution is 5.85. The number of rotatable bonds is 3. The molecule has 6 aliphatic rings. The summed E-state index contributed by atoms with van der Waals surface area (Å²) in [5.74, 6) is 0.537. The first-order valence-electron chi connectivity index (χ1n) is 14.1. The number of esters is 1. The van der Waals surface area contributed by atoms with Gasteiger partial charge in [0.15, 0.2) is 6.29 Å². The molecule has 0 radical (unpaired) electrons. The third-order valence-electron chi connectivity index (χ3n) is 11.5. The number of carbonyl (C=O) groups excluding carboxylic acids is 1. The predicted octanol–water partition coefficient (Wildman–Crippen LogP) is 2.38. The first-order chi connectivity index (χ1) is 17.5.